The van der Waals surface area contributed by atoms with Crippen molar-refractivity contribution in [2.45, 2.75) is 64.7 Å². The van der Waals surface area contributed by atoms with Crippen LogP contribution in [0.15, 0.2) is 60.9 Å². The average Bonchev–Trinajstić information content (AvgIpc) is 2.90. The van der Waals surface area contributed by atoms with Gasteiger partial charge >= 0.3 is 0 Å². The van der Waals surface area contributed by atoms with Crippen LogP contribution in [0.5, 0.6) is 0 Å². The molecule has 36 heavy (non-hydrogen) atoms. The first-order valence-corrected chi connectivity index (χ1v) is 12.8. The lowest BCUT2D eigenvalue weighted by Crippen LogP contribution is -2.00. The minimum Gasteiger partial charge on any atom is -0.241 e. The highest BCUT2D eigenvalue weighted by molar-refractivity contribution is 5.84. The third-order valence-corrected chi connectivity index (χ3v) is 6.65. The van der Waals surface area contributed by atoms with E-state index in [0.29, 0.717) is 23.8 Å². The summed E-state index contributed by atoms with van der Waals surface area (Å²) in [5.41, 5.74) is 3.68. The maximum Gasteiger partial charge on any atom is 0.141 e. The van der Waals surface area contributed by atoms with Gasteiger partial charge in [0.05, 0.1) is 5.56 Å². The highest BCUT2D eigenvalue weighted by Crippen LogP contribution is 2.24. The second kappa shape index (κ2) is 12.4. The van der Waals surface area contributed by atoms with Crippen molar-refractivity contribution in [3.63, 3.8) is 0 Å². The molecule has 0 saturated carbocycles. The molecule has 0 radical (unpaired) electrons. The maximum absolute atomic E-state index is 15.2. The highest BCUT2D eigenvalue weighted by Gasteiger charge is 2.10. The van der Waals surface area contributed by atoms with Gasteiger partial charge in [0, 0.05) is 24.2 Å². The molecule has 3 nitrogen and oxygen atoms in total. The Morgan fingerprint density at radius 1 is 0.750 bits per heavy atom. The molecule has 0 unspecified atom stereocenters. The quantitative estimate of drug-likeness (QED) is 0.208. The molecule has 4 rings (SSSR count). The van der Waals surface area contributed by atoms with E-state index in [2.05, 4.69) is 16.9 Å². The van der Waals surface area contributed by atoms with Crippen molar-refractivity contribution in [2.24, 2.45) is 0 Å². The van der Waals surface area contributed by atoms with Crippen molar-refractivity contribution in [2.75, 3.05) is 0 Å². The molecule has 0 amide bonds. The fourth-order valence-electron chi connectivity index (χ4n) is 4.47. The largest absolute Gasteiger partial charge is 0.241 e. The first-order chi connectivity index (χ1) is 17.6. The molecule has 5 heteroatoms. The van der Waals surface area contributed by atoms with Crippen molar-refractivity contribution in [1.82, 2.24) is 9.97 Å². The smallest absolute Gasteiger partial charge is 0.141 e. The molecule has 0 aliphatic carbocycles. The van der Waals surface area contributed by atoms with E-state index in [1.165, 1.54) is 43.4 Å². The number of aromatic nitrogens is 2. The molecule has 3 aromatic carbocycles. The van der Waals surface area contributed by atoms with E-state index < -0.39 is 5.82 Å². The molecule has 0 atom stereocenters. The van der Waals surface area contributed by atoms with E-state index in [9.17, 15) is 4.39 Å². The number of fused-ring (bicyclic) bond motifs is 1. The number of nitrogens with zero attached hydrogens (tertiary/aromatic N) is 3. The monoisotopic (exact) mass is 483 g/mol. The topological polar surface area (TPSA) is 49.6 Å². The molecule has 0 fully saturated rings. The summed E-state index contributed by atoms with van der Waals surface area (Å²) in [6.07, 6.45) is 12.3. The lowest BCUT2D eigenvalue weighted by atomic mass is 9.98. The number of rotatable bonds is 11. The summed E-state index contributed by atoms with van der Waals surface area (Å²) in [5.74, 6) is 0.0597. The van der Waals surface area contributed by atoms with Crippen LogP contribution in [0, 0.1) is 23.0 Å². The Kier molecular flexibility index (Phi) is 8.73. The second-order valence-electron chi connectivity index (χ2n) is 9.34. The number of hydrogen-bond acceptors (Lipinski definition) is 3. The lowest BCUT2D eigenvalue weighted by Gasteiger charge is -2.09. The van der Waals surface area contributed by atoms with Crippen LogP contribution in [0.25, 0.3) is 10.8 Å². The molecule has 1 aromatic heterocycles. The van der Waals surface area contributed by atoms with Crippen LogP contribution in [0.1, 0.15) is 66.2 Å². The molecule has 4 aromatic rings. The molecule has 0 bridgehead atoms. The van der Waals surface area contributed by atoms with Gasteiger partial charge in [0.2, 0.25) is 0 Å². The van der Waals surface area contributed by atoms with Gasteiger partial charge in [-0.2, -0.15) is 5.26 Å². The Labute approximate surface area is 211 Å². The average molecular weight is 484 g/mol. The Balaban J connectivity index is 1.36. The van der Waals surface area contributed by atoms with Crippen molar-refractivity contribution in [1.29, 1.82) is 5.26 Å². The van der Waals surface area contributed by atoms with Crippen LogP contribution in [0.4, 0.5) is 8.78 Å². The van der Waals surface area contributed by atoms with Crippen LogP contribution < -0.4 is 0 Å². The van der Waals surface area contributed by atoms with E-state index in [4.69, 9.17) is 5.26 Å². The number of aryl methyl sites for hydroxylation is 5. The van der Waals surface area contributed by atoms with E-state index in [1.54, 1.807) is 6.07 Å². The van der Waals surface area contributed by atoms with Crippen LogP contribution in [0.3, 0.4) is 0 Å². The number of benzene rings is 3. The van der Waals surface area contributed by atoms with Crippen molar-refractivity contribution < 1.29 is 8.78 Å². The molecule has 0 saturated heterocycles. The molecule has 0 aliphatic heterocycles. The van der Waals surface area contributed by atoms with Crippen LogP contribution in [0.2, 0.25) is 0 Å². The van der Waals surface area contributed by atoms with E-state index in [0.717, 1.165) is 41.6 Å². The van der Waals surface area contributed by atoms with Gasteiger partial charge < -0.3 is 0 Å². The lowest BCUT2D eigenvalue weighted by molar-refractivity contribution is 0.616. The fraction of sp³-hybridized carbons (Fsp3) is 0.323. The first kappa shape index (κ1) is 25.4. The summed E-state index contributed by atoms with van der Waals surface area (Å²) in [6.45, 7) is 2.21. The van der Waals surface area contributed by atoms with E-state index >= 15 is 4.39 Å². The molecule has 0 N–H and O–H groups in total. The Morgan fingerprint density at radius 2 is 1.50 bits per heavy atom. The molecule has 0 aliphatic rings. The van der Waals surface area contributed by atoms with Gasteiger partial charge in [-0.25, -0.2) is 18.7 Å². The van der Waals surface area contributed by atoms with Gasteiger partial charge in [-0.15, -0.1) is 0 Å². The Morgan fingerprint density at radius 3 is 2.25 bits per heavy atom. The van der Waals surface area contributed by atoms with Gasteiger partial charge in [0.25, 0.3) is 0 Å². The number of nitriles is 1. The van der Waals surface area contributed by atoms with Gasteiger partial charge in [-0.05, 0) is 71.9 Å². The zero-order chi connectivity index (χ0) is 25.3. The van der Waals surface area contributed by atoms with E-state index in [1.807, 2.05) is 48.8 Å². The minimum atomic E-state index is -0.537. The molecule has 1 heterocycles. The third-order valence-electron chi connectivity index (χ3n) is 6.65. The molecule has 184 valence electrons. The first-order valence-electron chi connectivity index (χ1n) is 12.8. The summed E-state index contributed by atoms with van der Waals surface area (Å²) >= 11 is 0. The van der Waals surface area contributed by atoms with Crippen LogP contribution in [-0.4, -0.2) is 9.97 Å². The molecule has 0 spiro atoms. The predicted octanol–water partition coefficient (Wildman–Crippen LogP) is 7.47. The van der Waals surface area contributed by atoms with Crippen molar-refractivity contribution >= 4 is 10.8 Å². The maximum atomic E-state index is 15.2. The van der Waals surface area contributed by atoms with Crippen LogP contribution in [-0.2, 0) is 32.1 Å². The minimum absolute atomic E-state index is 0.0211. The van der Waals surface area contributed by atoms with E-state index in [-0.39, 0.29) is 11.4 Å². The fourth-order valence-corrected chi connectivity index (χ4v) is 4.47. The van der Waals surface area contributed by atoms with Gasteiger partial charge in [-0.3, -0.25) is 0 Å². The number of hydrogen-bond donors (Lipinski definition) is 0. The van der Waals surface area contributed by atoms with Crippen molar-refractivity contribution in [3.05, 3.63) is 106 Å². The van der Waals surface area contributed by atoms with Gasteiger partial charge in [0.15, 0.2) is 0 Å². The second-order valence-corrected chi connectivity index (χ2v) is 9.34. The van der Waals surface area contributed by atoms with Crippen LogP contribution >= 0.6 is 0 Å². The zero-order valence-electron chi connectivity index (χ0n) is 20.7. The Bertz CT molecular complexity index is 1360. The predicted molar refractivity (Wildman–Crippen MR) is 140 cm³/mol. The SMILES string of the molecule is CCCCCCc1cnc(CCc2ccc3c(F)c(CCc4ccc(C#N)c(F)c4)ccc3c2)nc1. The third kappa shape index (κ3) is 6.51. The summed E-state index contributed by atoms with van der Waals surface area (Å²) in [7, 11) is 0. The standard InChI is InChI=1S/C31H31F2N3/c1-2-3-4-5-6-24-20-35-30(36-21-24)16-10-22-9-15-28-26(17-22)14-13-25(31(28)33)11-7-23-8-12-27(19-34)29(32)18-23/h8-9,12-15,17-18,20-21H,2-7,10-11,16H2,1H3. The summed E-state index contributed by atoms with van der Waals surface area (Å²) in [5, 5.41) is 10.3. The highest BCUT2D eigenvalue weighted by atomic mass is 19.1. The molecular weight excluding hydrogens is 452 g/mol. The van der Waals surface area contributed by atoms with Gasteiger partial charge in [-0.1, -0.05) is 62.6 Å². The summed E-state index contributed by atoms with van der Waals surface area (Å²) in [4.78, 5) is 9.06. The normalized spacial score (nSPS) is 11.1. The number of halogens is 2. The van der Waals surface area contributed by atoms with Gasteiger partial charge in [0.1, 0.15) is 23.5 Å². The molecular formula is C31H31F2N3. The zero-order valence-corrected chi connectivity index (χ0v) is 20.7. The van der Waals surface area contributed by atoms with Crippen molar-refractivity contribution in [3.8, 4) is 6.07 Å². The summed E-state index contributed by atoms with van der Waals surface area (Å²) in [6, 6.07) is 15.9. The Hall–Kier alpha value is -3.65. The number of unbranched alkanes of at least 4 members (excludes halogenated alkanes) is 3. The summed E-state index contributed by atoms with van der Waals surface area (Å²) < 4.78 is 29.0.